The van der Waals surface area contributed by atoms with E-state index >= 15 is 0 Å². The second kappa shape index (κ2) is 6.15. The van der Waals surface area contributed by atoms with Crippen molar-refractivity contribution in [2.45, 2.75) is 39.3 Å². The van der Waals surface area contributed by atoms with Gasteiger partial charge in [0.15, 0.2) is 10.8 Å². The highest BCUT2D eigenvalue weighted by Gasteiger charge is 2.32. The van der Waals surface area contributed by atoms with E-state index in [-0.39, 0.29) is 5.97 Å². The summed E-state index contributed by atoms with van der Waals surface area (Å²) in [6.07, 6.45) is 2.41. The van der Waals surface area contributed by atoms with Crippen LogP contribution >= 0.6 is 22.7 Å². The number of carbonyl (C=O) groups is 1. The largest absolute Gasteiger partial charge is 0.461 e. The predicted octanol–water partition coefficient (Wildman–Crippen LogP) is 3.86. The van der Waals surface area contributed by atoms with Gasteiger partial charge in [0.1, 0.15) is 0 Å². The number of aromatic nitrogens is 1. The Hall–Kier alpha value is -1.40. The molecule has 0 radical (unpaired) electrons. The lowest BCUT2D eigenvalue weighted by atomic mass is 10.3. The summed E-state index contributed by atoms with van der Waals surface area (Å²) in [6.45, 7) is 4.99. The van der Waals surface area contributed by atoms with Crippen LogP contribution in [0.1, 0.15) is 40.7 Å². The molecular weight excluding hydrogens is 304 g/mol. The van der Waals surface area contributed by atoms with Gasteiger partial charge in [0.25, 0.3) is 0 Å². The third-order valence-electron chi connectivity index (χ3n) is 3.42. The van der Waals surface area contributed by atoms with Gasteiger partial charge in [-0.15, -0.1) is 11.3 Å². The van der Waals surface area contributed by atoms with E-state index in [0.29, 0.717) is 18.3 Å². The fourth-order valence-corrected chi connectivity index (χ4v) is 3.84. The lowest BCUT2D eigenvalue weighted by Gasteiger charge is -2.20. The highest BCUT2D eigenvalue weighted by molar-refractivity contribution is 7.15. The van der Waals surface area contributed by atoms with E-state index in [2.05, 4.69) is 26.7 Å². The summed E-state index contributed by atoms with van der Waals surface area (Å²) >= 11 is 3.30. The molecule has 2 aromatic heterocycles. The Balaban J connectivity index is 1.83. The Labute approximate surface area is 132 Å². The van der Waals surface area contributed by atoms with E-state index in [0.717, 1.165) is 16.6 Å². The molecule has 21 heavy (non-hydrogen) atoms. The molecule has 1 aliphatic rings. The average molecular weight is 322 g/mol. The molecule has 4 nitrogen and oxygen atoms in total. The zero-order valence-corrected chi connectivity index (χ0v) is 13.8. The van der Waals surface area contributed by atoms with Crippen molar-refractivity contribution in [3.8, 4) is 0 Å². The molecule has 0 aliphatic heterocycles. The minimum Gasteiger partial charge on any atom is -0.461 e. The van der Waals surface area contributed by atoms with Crippen LogP contribution in [0.15, 0.2) is 16.8 Å². The van der Waals surface area contributed by atoms with Crippen molar-refractivity contribution < 1.29 is 9.53 Å². The zero-order chi connectivity index (χ0) is 14.8. The second-order valence-corrected chi connectivity index (χ2v) is 7.07. The van der Waals surface area contributed by atoms with Gasteiger partial charge >= 0.3 is 5.97 Å². The van der Waals surface area contributed by atoms with Crippen LogP contribution in [0, 0.1) is 6.92 Å². The monoisotopic (exact) mass is 322 g/mol. The molecule has 0 unspecified atom stereocenters. The van der Waals surface area contributed by atoms with Gasteiger partial charge in [-0.2, -0.15) is 11.3 Å². The zero-order valence-electron chi connectivity index (χ0n) is 12.2. The van der Waals surface area contributed by atoms with Crippen LogP contribution in [-0.4, -0.2) is 23.6 Å². The first kappa shape index (κ1) is 14.5. The molecule has 0 N–H and O–H groups in total. The van der Waals surface area contributed by atoms with Gasteiger partial charge in [-0.3, -0.25) is 0 Å². The fourth-order valence-electron chi connectivity index (χ4n) is 2.21. The number of thiazole rings is 1. The van der Waals surface area contributed by atoms with Gasteiger partial charge in [-0.05, 0) is 49.1 Å². The predicted molar refractivity (Wildman–Crippen MR) is 86.3 cm³/mol. The molecule has 1 aliphatic carbocycles. The molecule has 0 saturated heterocycles. The normalized spacial score (nSPS) is 14.2. The average Bonchev–Trinajstić information content (AvgIpc) is 3.02. The first-order valence-corrected chi connectivity index (χ1v) is 8.87. The van der Waals surface area contributed by atoms with Crippen molar-refractivity contribution >= 4 is 33.8 Å². The summed E-state index contributed by atoms with van der Waals surface area (Å²) in [5.41, 5.74) is 1.77. The van der Waals surface area contributed by atoms with Gasteiger partial charge in [-0.1, -0.05) is 0 Å². The lowest BCUT2D eigenvalue weighted by molar-refractivity contribution is 0.0519. The van der Waals surface area contributed by atoms with Crippen LogP contribution in [0.5, 0.6) is 0 Å². The number of aryl methyl sites for hydroxylation is 1. The van der Waals surface area contributed by atoms with E-state index in [9.17, 15) is 4.79 Å². The highest BCUT2D eigenvalue weighted by atomic mass is 32.1. The van der Waals surface area contributed by atoms with Crippen molar-refractivity contribution in [1.82, 2.24) is 4.98 Å². The highest BCUT2D eigenvalue weighted by Crippen LogP contribution is 2.36. The number of hydrogen-bond donors (Lipinski definition) is 0. The Bertz CT molecular complexity index is 618. The molecule has 0 aromatic carbocycles. The summed E-state index contributed by atoms with van der Waals surface area (Å²) < 4.78 is 5.07. The topological polar surface area (TPSA) is 42.4 Å². The van der Waals surface area contributed by atoms with E-state index in [1.807, 2.05) is 13.8 Å². The van der Waals surface area contributed by atoms with Gasteiger partial charge in [0.2, 0.25) is 0 Å². The Morgan fingerprint density at radius 3 is 2.95 bits per heavy atom. The Kier molecular flexibility index (Phi) is 4.26. The molecule has 1 fully saturated rings. The quantitative estimate of drug-likeness (QED) is 0.757. The van der Waals surface area contributed by atoms with Crippen molar-refractivity contribution in [2.24, 2.45) is 0 Å². The molecule has 0 bridgehead atoms. The molecule has 0 spiro atoms. The van der Waals surface area contributed by atoms with Crippen LogP contribution in [0.2, 0.25) is 0 Å². The number of carbonyl (C=O) groups excluding carboxylic acids is 1. The standard InChI is InChI=1S/C15H18N2O2S2/c1-3-19-14(18)13-10(2)21-15(16-13)17(12-4-5-12)8-11-6-7-20-9-11/h6-7,9,12H,3-5,8H2,1-2H3. The molecule has 1 saturated carbocycles. The molecule has 0 amide bonds. The Morgan fingerprint density at radius 1 is 1.52 bits per heavy atom. The van der Waals surface area contributed by atoms with Crippen LogP contribution in [0.4, 0.5) is 5.13 Å². The van der Waals surface area contributed by atoms with E-state index in [1.165, 1.54) is 18.4 Å². The summed E-state index contributed by atoms with van der Waals surface area (Å²) in [4.78, 5) is 19.7. The first-order valence-electron chi connectivity index (χ1n) is 7.11. The summed E-state index contributed by atoms with van der Waals surface area (Å²) in [6, 6.07) is 2.71. The van der Waals surface area contributed by atoms with Crippen molar-refractivity contribution in [3.05, 3.63) is 33.0 Å². The number of nitrogens with zero attached hydrogens (tertiary/aromatic N) is 2. The van der Waals surface area contributed by atoms with E-state index in [4.69, 9.17) is 4.74 Å². The Morgan fingerprint density at radius 2 is 2.33 bits per heavy atom. The molecular formula is C15H18N2O2S2. The second-order valence-electron chi connectivity index (χ2n) is 5.11. The number of rotatable bonds is 6. The minimum atomic E-state index is -0.316. The number of ether oxygens (including phenoxy) is 1. The summed E-state index contributed by atoms with van der Waals surface area (Å²) in [5, 5.41) is 5.20. The maximum atomic E-state index is 11.9. The van der Waals surface area contributed by atoms with Gasteiger partial charge in [-0.25, -0.2) is 9.78 Å². The smallest absolute Gasteiger partial charge is 0.358 e. The molecule has 2 aromatic rings. The van der Waals surface area contributed by atoms with Crippen molar-refractivity contribution in [3.63, 3.8) is 0 Å². The molecule has 112 valence electrons. The van der Waals surface area contributed by atoms with Gasteiger partial charge < -0.3 is 9.64 Å². The molecule has 3 rings (SSSR count). The van der Waals surface area contributed by atoms with Crippen molar-refractivity contribution in [2.75, 3.05) is 11.5 Å². The molecule has 2 heterocycles. The number of thiophene rings is 1. The van der Waals surface area contributed by atoms with Gasteiger partial charge in [0.05, 0.1) is 6.61 Å². The number of anilines is 1. The third-order valence-corrected chi connectivity index (χ3v) is 5.16. The summed E-state index contributed by atoms with van der Waals surface area (Å²) in [5.74, 6) is -0.316. The van der Waals surface area contributed by atoms with Crippen LogP contribution in [0.3, 0.4) is 0 Å². The van der Waals surface area contributed by atoms with Crippen LogP contribution < -0.4 is 4.90 Å². The third kappa shape index (κ3) is 3.27. The van der Waals surface area contributed by atoms with Gasteiger partial charge in [0, 0.05) is 17.5 Å². The maximum absolute atomic E-state index is 11.9. The van der Waals surface area contributed by atoms with Crippen LogP contribution in [-0.2, 0) is 11.3 Å². The van der Waals surface area contributed by atoms with E-state index in [1.54, 1.807) is 22.7 Å². The number of esters is 1. The van der Waals surface area contributed by atoms with Crippen molar-refractivity contribution in [1.29, 1.82) is 0 Å². The maximum Gasteiger partial charge on any atom is 0.358 e. The van der Waals surface area contributed by atoms with Crippen LogP contribution in [0.25, 0.3) is 0 Å². The SMILES string of the molecule is CCOC(=O)c1nc(N(Cc2ccsc2)C2CC2)sc1C. The minimum absolute atomic E-state index is 0.316. The lowest BCUT2D eigenvalue weighted by Crippen LogP contribution is -2.24. The van der Waals surface area contributed by atoms with E-state index < -0.39 is 0 Å². The number of hydrogen-bond acceptors (Lipinski definition) is 6. The fraction of sp³-hybridized carbons (Fsp3) is 0.467. The molecule has 0 atom stereocenters. The molecule has 6 heteroatoms. The summed E-state index contributed by atoms with van der Waals surface area (Å²) in [7, 11) is 0. The first-order chi connectivity index (χ1) is 10.2.